The zero-order chi connectivity index (χ0) is 22.3. The summed E-state index contributed by atoms with van der Waals surface area (Å²) in [5.41, 5.74) is 1.49. The van der Waals surface area contributed by atoms with E-state index in [2.05, 4.69) is 10.2 Å². The Morgan fingerprint density at radius 1 is 1.09 bits per heavy atom. The molecule has 0 N–H and O–H groups in total. The van der Waals surface area contributed by atoms with Crippen LogP contribution in [-0.4, -0.2) is 49.9 Å². The van der Waals surface area contributed by atoms with E-state index in [0.29, 0.717) is 42.0 Å². The lowest BCUT2D eigenvalue weighted by Gasteiger charge is -2.30. The molecule has 0 saturated carbocycles. The fraction of sp³-hybridized carbons (Fsp3) is 0.364. The summed E-state index contributed by atoms with van der Waals surface area (Å²) >= 11 is 0. The van der Waals surface area contributed by atoms with E-state index in [4.69, 9.17) is 18.6 Å². The van der Waals surface area contributed by atoms with Gasteiger partial charge >= 0.3 is 0 Å². The number of nitrogens with zero attached hydrogens (tertiary/aromatic N) is 3. The molecule has 0 amide bonds. The molecule has 3 aromatic rings. The van der Waals surface area contributed by atoms with Crippen LogP contribution in [0.4, 0.5) is 0 Å². The monoisotopic (exact) mass is 457 g/mol. The zero-order valence-electron chi connectivity index (χ0n) is 17.8. The molecule has 0 spiro atoms. The molecule has 2 aliphatic heterocycles. The van der Waals surface area contributed by atoms with Crippen LogP contribution in [0.15, 0.2) is 45.7 Å². The molecule has 5 rings (SSSR count). The van der Waals surface area contributed by atoms with Crippen LogP contribution in [0.1, 0.15) is 30.2 Å². The van der Waals surface area contributed by atoms with Crippen LogP contribution in [0.2, 0.25) is 0 Å². The van der Waals surface area contributed by atoms with Gasteiger partial charge in [-0.15, -0.1) is 10.2 Å². The Morgan fingerprint density at radius 2 is 1.94 bits per heavy atom. The van der Waals surface area contributed by atoms with E-state index >= 15 is 0 Å². The van der Waals surface area contributed by atoms with Crippen LogP contribution < -0.4 is 14.2 Å². The average molecular weight is 458 g/mol. The number of aromatic nitrogens is 2. The molecule has 2 aliphatic rings. The first-order valence-electron chi connectivity index (χ1n) is 10.3. The average Bonchev–Trinajstić information content (AvgIpc) is 3.48. The predicted molar refractivity (Wildman–Crippen MR) is 114 cm³/mol. The van der Waals surface area contributed by atoms with Crippen LogP contribution in [0, 0.1) is 6.92 Å². The summed E-state index contributed by atoms with van der Waals surface area (Å²) in [5, 5.41) is 8.38. The number of methoxy groups -OCH3 is 1. The Morgan fingerprint density at radius 3 is 2.75 bits per heavy atom. The minimum atomic E-state index is -3.65. The van der Waals surface area contributed by atoms with Crippen LogP contribution in [0.5, 0.6) is 17.2 Å². The second kappa shape index (κ2) is 8.10. The predicted octanol–water partition coefficient (Wildman–Crippen LogP) is 3.35. The van der Waals surface area contributed by atoms with Gasteiger partial charge in [-0.2, -0.15) is 4.31 Å². The van der Waals surface area contributed by atoms with Crippen LogP contribution in [0.3, 0.4) is 0 Å². The molecule has 10 heteroatoms. The quantitative estimate of drug-likeness (QED) is 0.575. The lowest BCUT2D eigenvalue weighted by Crippen LogP contribution is -2.39. The fourth-order valence-electron chi connectivity index (χ4n) is 4.07. The van der Waals surface area contributed by atoms with E-state index in [0.717, 1.165) is 17.5 Å². The molecule has 2 aromatic carbocycles. The third-order valence-corrected chi connectivity index (χ3v) is 7.66. The summed E-state index contributed by atoms with van der Waals surface area (Å²) in [5.74, 6) is 2.59. The summed E-state index contributed by atoms with van der Waals surface area (Å²) in [6.45, 7) is 2.75. The smallest absolute Gasteiger partial charge is 0.247 e. The Labute approximate surface area is 186 Å². The number of aryl methyl sites for hydroxylation is 1. The van der Waals surface area contributed by atoms with Crippen LogP contribution >= 0.6 is 0 Å². The zero-order valence-corrected chi connectivity index (χ0v) is 18.6. The van der Waals surface area contributed by atoms with Gasteiger partial charge in [-0.1, -0.05) is 0 Å². The second-order valence-electron chi connectivity index (χ2n) is 7.85. The molecule has 3 heterocycles. The van der Waals surface area contributed by atoms with E-state index in [1.807, 2.05) is 13.0 Å². The van der Waals surface area contributed by atoms with Crippen molar-refractivity contribution >= 4 is 10.0 Å². The molecular weight excluding hydrogens is 434 g/mol. The first-order chi connectivity index (χ1) is 15.5. The molecule has 1 saturated heterocycles. The topological polar surface area (TPSA) is 104 Å². The molecular formula is C22H23N3O6S. The van der Waals surface area contributed by atoms with Crippen molar-refractivity contribution in [1.82, 2.24) is 14.5 Å². The largest absolute Gasteiger partial charge is 0.496 e. The first kappa shape index (κ1) is 20.8. The fourth-order valence-corrected chi connectivity index (χ4v) is 5.68. The van der Waals surface area contributed by atoms with E-state index in [9.17, 15) is 8.42 Å². The minimum absolute atomic E-state index is 0.173. The van der Waals surface area contributed by atoms with Crippen molar-refractivity contribution in [2.24, 2.45) is 0 Å². The van der Waals surface area contributed by atoms with Gasteiger partial charge in [0.25, 0.3) is 0 Å². The van der Waals surface area contributed by atoms with Crippen molar-refractivity contribution in [3.05, 3.63) is 47.9 Å². The van der Waals surface area contributed by atoms with Gasteiger partial charge in [0.2, 0.25) is 28.6 Å². The maximum absolute atomic E-state index is 13.2. The second-order valence-corrected chi connectivity index (χ2v) is 9.79. The van der Waals surface area contributed by atoms with Crippen molar-refractivity contribution in [3.63, 3.8) is 0 Å². The standard InChI is InChI=1S/C22H23N3O6S/c1-14-10-17(6-8-18(14)28-2)32(26,27)25-9-3-4-16(12-25)22-24-23-21(31-22)15-5-7-19-20(11-15)30-13-29-19/h5-8,10-11,16H,3-4,9,12-13H2,1-2H3. The number of fused-ring (bicyclic) bond motifs is 1. The summed E-state index contributed by atoms with van der Waals surface area (Å²) in [6.07, 6.45) is 1.48. The van der Waals surface area contributed by atoms with Crippen molar-refractivity contribution in [2.75, 3.05) is 27.0 Å². The maximum Gasteiger partial charge on any atom is 0.247 e. The number of sulfonamides is 1. The van der Waals surface area contributed by atoms with Crippen molar-refractivity contribution in [3.8, 4) is 28.7 Å². The van der Waals surface area contributed by atoms with Gasteiger partial charge < -0.3 is 18.6 Å². The molecule has 0 radical (unpaired) electrons. The van der Waals surface area contributed by atoms with Gasteiger partial charge in [0.15, 0.2) is 11.5 Å². The van der Waals surface area contributed by atoms with Crippen molar-refractivity contribution in [1.29, 1.82) is 0 Å². The molecule has 1 atom stereocenters. The van der Waals surface area contributed by atoms with Gasteiger partial charge in [0, 0.05) is 18.7 Å². The highest BCUT2D eigenvalue weighted by atomic mass is 32.2. The molecule has 0 aliphatic carbocycles. The molecule has 0 bridgehead atoms. The van der Waals surface area contributed by atoms with Crippen molar-refractivity contribution < 1.29 is 27.0 Å². The van der Waals surface area contributed by atoms with Gasteiger partial charge in [-0.25, -0.2) is 8.42 Å². The van der Waals surface area contributed by atoms with Crippen LogP contribution in [0.25, 0.3) is 11.5 Å². The number of hydrogen-bond acceptors (Lipinski definition) is 8. The Balaban J connectivity index is 1.36. The number of piperidine rings is 1. The van der Waals surface area contributed by atoms with Crippen LogP contribution in [-0.2, 0) is 10.0 Å². The summed E-state index contributed by atoms with van der Waals surface area (Å²) < 4.78 is 49.9. The van der Waals surface area contributed by atoms with E-state index in [1.54, 1.807) is 37.4 Å². The maximum atomic E-state index is 13.2. The number of benzene rings is 2. The molecule has 1 aromatic heterocycles. The SMILES string of the molecule is COc1ccc(S(=O)(=O)N2CCCC(c3nnc(-c4ccc5c(c4)OCO5)o3)C2)cc1C. The molecule has 9 nitrogen and oxygen atoms in total. The summed E-state index contributed by atoms with van der Waals surface area (Å²) in [6, 6.07) is 10.3. The minimum Gasteiger partial charge on any atom is -0.496 e. The molecule has 1 fully saturated rings. The molecule has 168 valence electrons. The lowest BCUT2D eigenvalue weighted by atomic mass is 10.00. The number of rotatable bonds is 5. The normalized spacial score (nSPS) is 18.6. The van der Waals surface area contributed by atoms with E-state index < -0.39 is 10.0 Å². The van der Waals surface area contributed by atoms with E-state index in [-0.39, 0.29) is 24.2 Å². The first-order valence-corrected chi connectivity index (χ1v) is 11.8. The number of hydrogen-bond donors (Lipinski definition) is 0. The van der Waals surface area contributed by atoms with Crippen molar-refractivity contribution in [2.45, 2.75) is 30.6 Å². The highest BCUT2D eigenvalue weighted by molar-refractivity contribution is 7.89. The Bertz CT molecular complexity index is 1260. The van der Waals surface area contributed by atoms with Gasteiger partial charge in [0.05, 0.1) is 17.9 Å². The number of ether oxygens (including phenoxy) is 3. The lowest BCUT2D eigenvalue weighted by molar-refractivity contribution is 0.174. The van der Waals surface area contributed by atoms with Gasteiger partial charge in [-0.3, -0.25) is 0 Å². The van der Waals surface area contributed by atoms with Gasteiger partial charge in [0.1, 0.15) is 5.75 Å². The third kappa shape index (κ3) is 3.69. The van der Waals surface area contributed by atoms with Gasteiger partial charge in [-0.05, 0) is 61.7 Å². The molecule has 32 heavy (non-hydrogen) atoms. The van der Waals surface area contributed by atoms with E-state index in [1.165, 1.54) is 4.31 Å². The third-order valence-electron chi connectivity index (χ3n) is 5.80. The highest BCUT2D eigenvalue weighted by Crippen LogP contribution is 2.37. The summed E-state index contributed by atoms with van der Waals surface area (Å²) in [7, 11) is -2.08. The summed E-state index contributed by atoms with van der Waals surface area (Å²) in [4.78, 5) is 0.253. The molecule has 1 unspecified atom stereocenters. The highest BCUT2D eigenvalue weighted by Gasteiger charge is 2.33. The Hall–Kier alpha value is -3.11. The Kier molecular flexibility index (Phi) is 5.26.